The van der Waals surface area contributed by atoms with Crippen LogP contribution in [0.15, 0.2) is 65.6 Å². The number of halogens is 2. The van der Waals surface area contributed by atoms with Gasteiger partial charge in [-0.25, -0.2) is 8.42 Å². The van der Waals surface area contributed by atoms with Crippen LogP contribution in [0.5, 0.6) is 0 Å². The molecule has 0 aromatic heterocycles. The van der Waals surface area contributed by atoms with Crippen LogP contribution in [0.4, 0.5) is 5.69 Å². The van der Waals surface area contributed by atoms with Crippen LogP contribution in [0, 0.1) is 26.7 Å². The lowest BCUT2D eigenvalue weighted by atomic mass is 10.1. The SMILES string of the molecule is Cc1ccc(S(=O)(=O)N(CC(=O)N(Cc2ccc(Cl)cc2Cl)C(C)C(=O)NCC(C)C)c2cc(C)ccc2C)cc1. The third-order valence-electron chi connectivity index (χ3n) is 6.73. The summed E-state index contributed by atoms with van der Waals surface area (Å²) in [5, 5.41) is 3.64. The number of carbonyl (C=O) groups is 2. The smallest absolute Gasteiger partial charge is 0.264 e. The molecule has 0 aliphatic carbocycles. The van der Waals surface area contributed by atoms with E-state index in [1.54, 1.807) is 50.2 Å². The van der Waals surface area contributed by atoms with Crippen molar-refractivity contribution in [1.82, 2.24) is 10.2 Å². The van der Waals surface area contributed by atoms with Gasteiger partial charge in [0.15, 0.2) is 0 Å². The second-order valence-corrected chi connectivity index (χ2v) is 13.4. The Bertz CT molecular complexity index is 1510. The highest BCUT2D eigenvalue weighted by Crippen LogP contribution is 2.29. The molecular formula is C31H37Cl2N3O4S. The van der Waals surface area contributed by atoms with E-state index in [2.05, 4.69) is 5.32 Å². The molecule has 3 rings (SSSR count). The Kier molecular flexibility index (Phi) is 10.9. The minimum atomic E-state index is -4.15. The van der Waals surface area contributed by atoms with Crippen LogP contribution in [-0.4, -0.2) is 44.3 Å². The molecule has 10 heteroatoms. The van der Waals surface area contributed by atoms with Gasteiger partial charge in [0.2, 0.25) is 11.8 Å². The van der Waals surface area contributed by atoms with Crippen molar-refractivity contribution < 1.29 is 18.0 Å². The number of hydrogen-bond acceptors (Lipinski definition) is 4. The molecule has 1 atom stereocenters. The Balaban J connectivity index is 2.08. The van der Waals surface area contributed by atoms with Gasteiger partial charge >= 0.3 is 0 Å². The normalized spacial score (nSPS) is 12.2. The fraction of sp³-hybridized carbons (Fsp3) is 0.355. The number of amides is 2. The quantitative estimate of drug-likeness (QED) is 0.273. The number of nitrogens with zero attached hydrogens (tertiary/aromatic N) is 2. The van der Waals surface area contributed by atoms with E-state index >= 15 is 0 Å². The first-order chi connectivity index (χ1) is 19.2. The predicted octanol–water partition coefficient (Wildman–Crippen LogP) is 6.30. The van der Waals surface area contributed by atoms with Crippen LogP contribution in [0.2, 0.25) is 10.0 Å². The van der Waals surface area contributed by atoms with Gasteiger partial charge in [0.05, 0.1) is 10.6 Å². The van der Waals surface area contributed by atoms with Crippen LogP contribution >= 0.6 is 23.2 Å². The van der Waals surface area contributed by atoms with E-state index in [0.717, 1.165) is 15.4 Å². The first-order valence-electron chi connectivity index (χ1n) is 13.4. The summed E-state index contributed by atoms with van der Waals surface area (Å²) in [5.74, 6) is -0.697. The van der Waals surface area contributed by atoms with Gasteiger partial charge < -0.3 is 10.2 Å². The number of aryl methyl sites for hydroxylation is 3. The molecule has 1 N–H and O–H groups in total. The van der Waals surface area contributed by atoms with Crippen molar-refractivity contribution in [2.75, 3.05) is 17.4 Å². The molecule has 0 heterocycles. The summed E-state index contributed by atoms with van der Waals surface area (Å²) in [6.45, 7) is 11.0. The molecule has 3 aromatic rings. The maximum atomic E-state index is 14.1. The molecule has 0 saturated heterocycles. The average Bonchev–Trinajstić information content (AvgIpc) is 2.91. The third kappa shape index (κ3) is 8.24. The van der Waals surface area contributed by atoms with E-state index in [1.165, 1.54) is 17.0 Å². The van der Waals surface area contributed by atoms with E-state index in [0.29, 0.717) is 33.4 Å². The average molecular weight is 619 g/mol. The molecule has 0 bridgehead atoms. The standard InChI is InChI=1S/C31H37Cl2N3O4S/c1-20(2)17-34-31(38)24(6)35(18-25-11-12-26(32)16-28(25)33)30(37)19-36(29-15-22(4)7-10-23(29)5)41(39,40)27-13-8-21(3)9-14-27/h7-16,20,24H,17-19H2,1-6H3,(H,34,38). The molecule has 0 spiro atoms. The van der Waals surface area contributed by atoms with Crippen molar-refractivity contribution >= 4 is 50.7 Å². The van der Waals surface area contributed by atoms with Crippen LogP contribution in [-0.2, 0) is 26.2 Å². The largest absolute Gasteiger partial charge is 0.354 e. The van der Waals surface area contributed by atoms with Gasteiger partial charge in [-0.05, 0) is 80.6 Å². The molecule has 41 heavy (non-hydrogen) atoms. The van der Waals surface area contributed by atoms with E-state index in [1.807, 2.05) is 39.8 Å². The van der Waals surface area contributed by atoms with Gasteiger partial charge in [-0.2, -0.15) is 0 Å². The fourth-order valence-corrected chi connectivity index (χ4v) is 6.15. The molecule has 2 amide bonds. The van der Waals surface area contributed by atoms with Gasteiger partial charge in [0.25, 0.3) is 10.0 Å². The number of anilines is 1. The zero-order chi connectivity index (χ0) is 30.5. The molecule has 7 nitrogen and oxygen atoms in total. The van der Waals surface area contributed by atoms with Gasteiger partial charge in [0.1, 0.15) is 12.6 Å². The number of hydrogen-bond donors (Lipinski definition) is 1. The number of sulfonamides is 1. The predicted molar refractivity (Wildman–Crippen MR) is 166 cm³/mol. The monoisotopic (exact) mass is 617 g/mol. The second kappa shape index (κ2) is 13.7. The summed E-state index contributed by atoms with van der Waals surface area (Å²) >= 11 is 12.5. The topological polar surface area (TPSA) is 86.8 Å². The zero-order valence-electron chi connectivity index (χ0n) is 24.2. The molecule has 3 aromatic carbocycles. The third-order valence-corrected chi connectivity index (χ3v) is 9.09. The molecular weight excluding hydrogens is 581 g/mol. The summed E-state index contributed by atoms with van der Waals surface area (Å²) in [4.78, 5) is 28.6. The van der Waals surface area contributed by atoms with Crippen molar-refractivity contribution in [2.24, 2.45) is 5.92 Å². The van der Waals surface area contributed by atoms with E-state index < -0.39 is 28.5 Å². The minimum absolute atomic E-state index is 0.0175. The molecule has 0 radical (unpaired) electrons. The minimum Gasteiger partial charge on any atom is -0.354 e. The molecule has 0 fully saturated rings. The van der Waals surface area contributed by atoms with Crippen LogP contribution in [0.1, 0.15) is 43.0 Å². The Labute approximate surface area is 253 Å². The Hall–Kier alpha value is -3.07. The van der Waals surface area contributed by atoms with Crippen LogP contribution < -0.4 is 9.62 Å². The van der Waals surface area contributed by atoms with Crippen molar-refractivity contribution in [3.63, 3.8) is 0 Å². The Morgan fingerprint density at radius 3 is 2.12 bits per heavy atom. The highest BCUT2D eigenvalue weighted by atomic mass is 35.5. The van der Waals surface area contributed by atoms with E-state index in [4.69, 9.17) is 23.2 Å². The van der Waals surface area contributed by atoms with Gasteiger partial charge in [0, 0.05) is 23.1 Å². The summed E-state index contributed by atoms with van der Waals surface area (Å²) in [6, 6.07) is 15.9. The van der Waals surface area contributed by atoms with Crippen LogP contribution in [0.25, 0.3) is 0 Å². The highest BCUT2D eigenvalue weighted by molar-refractivity contribution is 7.92. The van der Waals surface area contributed by atoms with Crippen molar-refractivity contribution in [3.8, 4) is 0 Å². The second-order valence-electron chi connectivity index (χ2n) is 10.7. The first-order valence-corrected chi connectivity index (χ1v) is 15.6. The molecule has 0 aliphatic rings. The number of carbonyl (C=O) groups excluding carboxylic acids is 2. The zero-order valence-corrected chi connectivity index (χ0v) is 26.6. The molecule has 0 saturated carbocycles. The van der Waals surface area contributed by atoms with Crippen molar-refractivity contribution in [3.05, 3.63) is 93.0 Å². The highest BCUT2D eigenvalue weighted by Gasteiger charge is 2.33. The summed E-state index contributed by atoms with van der Waals surface area (Å²) in [5.41, 5.74) is 3.40. The lowest BCUT2D eigenvalue weighted by Crippen LogP contribution is -2.51. The number of nitrogens with one attached hydrogen (secondary N) is 1. The molecule has 0 aliphatic heterocycles. The lowest BCUT2D eigenvalue weighted by molar-refractivity contribution is -0.139. The summed E-state index contributed by atoms with van der Waals surface area (Å²) < 4.78 is 29.2. The van der Waals surface area contributed by atoms with Crippen molar-refractivity contribution in [1.29, 1.82) is 0 Å². The molecule has 220 valence electrons. The van der Waals surface area contributed by atoms with E-state index in [9.17, 15) is 18.0 Å². The lowest BCUT2D eigenvalue weighted by Gasteiger charge is -2.33. The van der Waals surface area contributed by atoms with E-state index in [-0.39, 0.29) is 23.3 Å². The van der Waals surface area contributed by atoms with Crippen LogP contribution in [0.3, 0.4) is 0 Å². The van der Waals surface area contributed by atoms with Gasteiger partial charge in [-0.1, -0.05) is 72.9 Å². The Morgan fingerprint density at radius 1 is 0.878 bits per heavy atom. The number of rotatable bonds is 11. The summed E-state index contributed by atoms with van der Waals surface area (Å²) in [6.07, 6.45) is 0. The Morgan fingerprint density at radius 2 is 1.51 bits per heavy atom. The first kappa shape index (κ1) is 32.4. The molecule has 1 unspecified atom stereocenters. The van der Waals surface area contributed by atoms with Gasteiger partial charge in [-0.15, -0.1) is 0 Å². The maximum absolute atomic E-state index is 14.1. The van der Waals surface area contributed by atoms with Gasteiger partial charge in [-0.3, -0.25) is 13.9 Å². The maximum Gasteiger partial charge on any atom is 0.264 e. The fourth-order valence-electron chi connectivity index (χ4n) is 4.21. The number of benzene rings is 3. The summed E-state index contributed by atoms with van der Waals surface area (Å²) in [7, 11) is -4.15. The van der Waals surface area contributed by atoms with Crippen molar-refractivity contribution in [2.45, 2.75) is 59.0 Å².